The van der Waals surface area contributed by atoms with Crippen LogP contribution in [-0.2, 0) is 6.54 Å². The molecule has 0 bridgehead atoms. The SMILES string of the molecule is Fc1ccc(NCc2cc(-c3cccs3)cs2)c(Cl)c1. The summed E-state index contributed by atoms with van der Waals surface area (Å²) in [6, 6.07) is 10.7. The molecule has 0 fully saturated rings. The first-order chi connectivity index (χ1) is 9.72. The monoisotopic (exact) mass is 323 g/mol. The van der Waals surface area contributed by atoms with Crippen LogP contribution in [0.5, 0.6) is 0 Å². The molecule has 0 unspecified atom stereocenters. The number of hydrogen-bond donors (Lipinski definition) is 1. The van der Waals surface area contributed by atoms with Crippen molar-refractivity contribution in [1.82, 2.24) is 0 Å². The number of anilines is 1. The molecule has 0 aliphatic rings. The summed E-state index contributed by atoms with van der Waals surface area (Å²) in [5.41, 5.74) is 1.99. The van der Waals surface area contributed by atoms with E-state index in [-0.39, 0.29) is 5.82 Å². The summed E-state index contributed by atoms with van der Waals surface area (Å²) in [4.78, 5) is 2.49. The van der Waals surface area contributed by atoms with Crippen molar-refractivity contribution in [2.75, 3.05) is 5.32 Å². The largest absolute Gasteiger partial charge is 0.379 e. The van der Waals surface area contributed by atoms with Crippen LogP contribution in [0.15, 0.2) is 47.2 Å². The molecule has 0 atom stereocenters. The van der Waals surface area contributed by atoms with Crippen molar-refractivity contribution in [3.8, 4) is 10.4 Å². The van der Waals surface area contributed by atoms with Gasteiger partial charge in [-0.15, -0.1) is 22.7 Å². The van der Waals surface area contributed by atoms with Gasteiger partial charge >= 0.3 is 0 Å². The third-order valence-electron chi connectivity index (χ3n) is 2.84. The second-order valence-corrected chi connectivity index (χ2v) is 6.61. The molecule has 0 amide bonds. The van der Waals surface area contributed by atoms with Crippen LogP contribution >= 0.6 is 34.3 Å². The molecule has 3 rings (SSSR count). The Kier molecular flexibility index (Phi) is 4.05. The van der Waals surface area contributed by atoms with Gasteiger partial charge in [0.05, 0.1) is 10.7 Å². The maximum atomic E-state index is 13.0. The van der Waals surface area contributed by atoms with Crippen molar-refractivity contribution < 1.29 is 4.39 Å². The van der Waals surface area contributed by atoms with Gasteiger partial charge in [0.25, 0.3) is 0 Å². The lowest BCUT2D eigenvalue weighted by molar-refractivity contribution is 0.628. The lowest BCUT2D eigenvalue weighted by Crippen LogP contribution is -1.98. The van der Waals surface area contributed by atoms with Crippen LogP contribution in [0, 0.1) is 5.82 Å². The van der Waals surface area contributed by atoms with Crippen LogP contribution in [0.1, 0.15) is 4.88 Å². The molecule has 3 aromatic rings. The first-order valence-corrected chi connectivity index (χ1v) is 8.16. The predicted molar refractivity (Wildman–Crippen MR) is 86.4 cm³/mol. The van der Waals surface area contributed by atoms with Crippen LogP contribution in [0.25, 0.3) is 10.4 Å². The van der Waals surface area contributed by atoms with Crippen LogP contribution < -0.4 is 5.32 Å². The number of rotatable bonds is 4. The molecule has 0 saturated carbocycles. The molecule has 20 heavy (non-hydrogen) atoms. The zero-order valence-electron chi connectivity index (χ0n) is 10.4. The Bertz CT molecular complexity index is 706. The normalized spacial score (nSPS) is 10.7. The highest BCUT2D eigenvalue weighted by molar-refractivity contribution is 7.14. The second kappa shape index (κ2) is 5.95. The molecule has 2 heterocycles. The highest BCUT2D eigenvalue weighted by atomic mass is 35.5. The number of thiophene rings is 2. The maximum absolute atomic E-state index is 13.0. The summed E-state index contributed by atoms with van der Waals surface area (Å²) in [5.74, 6) is -0.323. The summed E-state index contributed by atoms with van der Waals surface area (Å²) in [5, 5.41) is 7.85. The predicted octanol–water partition coefficient (Wildman–Crippen LogP) is 5.88. The minimum atomic E-state index is -0.323. The lowest BCUT2D eigenvalue weighted by Gasteiger charge is -2.06. The Morgan fingerprint density at radius 3 is 2.80 bits per heavy atom. The van der Waals surface area contributed by atoms with E-state index in [4.69, 9.17) is 11.6 Å². The van der Waals surface area contributed by atoms with Gasteiger partial charge in [-0.2, -0.15) is 0 Å². The summed E-state index contributed by atoms with van der Waals surface area (Å²) >= 11 is 9.42. The zero-order chi connectivity index (χ0) is 13.9. The van der Waals surface area contributed by atoms with E-state index in [0.717, 1.165) is 5.69 Å². The molecule has 0 spiro atoms. The van der Waals surface area contributed by atoms with Gasteiger partial charge in [-0.3, -0.25) is 0 Å². The molecule has 0 saturated heterocycles. The van der Waals surface area contributed by atoms with Crippen molar-refractivity contribution in [2.24, 2.45) is 0 Å². The van der Waals surface area contributed by atoms with Crippen LogP contribution in [0.3, 0.4) is 0 Å². The lowest BCUT2D eigenvalue weighted by atomic mass is 10.2. The number of nitrogens with one attached hydrogen (secondary N) is 1. The molecule has 1 nitrogen and oxygen atoms in total. The van der Waals surface area contributed by atoms with Gasteiger partial charge in [-0.25, -0.2) is 4.39 Å². The third kappa shape index (κ3) is 3.03. The van der Waals surface area contributed by atoms with Crippen molar-refractivity contribution >= 4 is 40.0 Å². The minimum Gasteiger partial charge on any atom is -0.379 e. The third-order valence-corrected chi connectivity index (χ3v) is 5.01. The standard InChI is InChI=1S/C15H11ClFNS2/c16-13-7-11(17)3-4-14(13)18-8-12-6-10(9-20-12)15-2-1-5-19-15/h1-7,9,18H,8H2. The van der Waals surface area contributed by atoms with Crippen molar-refractivity contribution in [2.45, 2.75) is 6.54 Å². The summed E-state index contributed by atoms with van der Waals surface area (Å²) in [6.07, 6.45) is 0. The first-order valence-electron chi connectivity index (χ1n) is 6.02. The number of benzene rings is 1. The Morgan fingerprint density at radius 1 is 1.15 bits per heavy atom. The van der Waals surface area contributed by atoms with E-state index < -0.39 is 0 Å². The molecule has 2 aromatic heterocycles. The molecule has 0 aliphatic heterocycles. The van der Waals surface area contributed by atoms with Gasteiger partial charge in [0, 0.05) is 21.9 Å². The molecule has 0 aliphatic carbocycles. The quantitative estimate of drug-likeness (QED) is 0.632. The van der Waals surface area contributed by atoms with Gasteiger partial charge in [0.1, 0.15) is 5.82 Å². The first kappa shape index (κ1) is 13.6. The van der Waals surface area contributed by atoms with E-state index in [9.17, 15) is 4.39 Å². The fourth-order valence-electron chi connectivity index (χ4n) is 1.86. The van der Waals surface area contributed by atoms with E-state index in [0.29, 0.717) is 11.6 Å². The Balaban J connectivity index is 1.70. The fourth-order valence-corrected chi connectivity index (χ4v) is 3.71. The summed E-state index contributed by atoms with van der Waals surface area (Å²) in [6.45, 7) is 0.682. The van der Waals surface area contributed by atoms with Crippen LogP contribution in [-0.4, -0.2) is 0 Å². The molecular weight excluding hydrogens is 313 g/mol. The molecular formula is C15H11ClFNS2. The van der Waals surface area contributed by atoms with E-state index in [1.165, 1.54) is 27.5 Å². The summed E-state index contributed by atoms with van der Waals surface area (Å²) < 4.78 is 13.0. The molecule has 0 radical (unpaired) electrons. The average Bonchev–Trinajstić information content (AvgIpc) is 3.08. The van der Waals surface area contributed by atoms with E-state index in [1.54, 1.807) is 28.7 Å². The van der Waals surface area contributed by atoms with Gasteiger partial charge in [-0.05, 0) is 41.1 Å². The molecule has 5 heteroatoms. The topological polar surface area (TPSA) is 12.0 Å². The average molecular weight is 324 g/mol. The zero-order valence-corrected chi connectivity index (χ0v) is 12.8. The van der Waals surface area contributed by atoms with Crippen molar-refractivity contribution in [3.05, 3.63) is 62.9 Å². The highest BCUT2D eigenvalue weighted by Gasteiger charge is 2.05. The van der Waals surface area contributed by atoms with Crippen molar-refractivity contribution in [1.29, 1.82) is 0 Å². The summed E-state index contributed by atoms with van der Waals surface area (Å²) in [7, 11) is 0. The molecule has 1 aromatic carbocycles. The highest BCUT2D eigenvalue weighted by Crippen LogP contribution is 2.30. The molecule has 102 valence electrons. The second-order valence-electron chi connectivity index (χ2n) is 4.26. The van der Waals surface area contributed by atoms with Gasteiger partial charge in [0.2, 0.25) is 0 Å². The number of hydrogen-bond acceptors (Lipinski definition) is 3. The van der Waals surface area contributed by atoms with Crippen LogP contribution in [0.2, 0.25) is 5.02 Å². The Labute approximate surface area is 129 Å². The van der Waals surface area contributed by atoms with Gasteiger partial charge in [-0.1, -0.05) is 17.7 Å². The number of halogens is 2. The fraction of sp³-hybridized carbons (Fsp3) is 0.0667. The smallest absolute Gasteiger partial charge is 0.124 e. The van der Waals surface area contributed by atoms with Crippen LogP contribution in [0.4, 0.5) is 10.1 Å². The molecule has 1 N–H and O–H groups in total. The Hall–Kier alpha value is -1.36. The van der Waals surface area contributed by atoms with Gasteiger partial charge in [0.15, 0.2) is 0 Å². The van der Waals surface area contributed by atoms with Crippen molar-refractivity contribution in [3.63, 3.8) is 0 Å². The minimum absolute atomic E-state index is 0.323. The van der Waals surface area contributed by atoms with E-state index >= 15 is 0 Å². The van der Waals surface area contributed by atoms with E-state index in [1.807, 2.05) is 6.07 Å². The van der Waals surface area contributed by atoms with E-state index in [2.05, 4.69) is 28.2 Å². The maximum Gasteiger partial charge on any atom is 0.124 e. The Morgan fingerprint density at radius 2 is 2.05 bits per heavy atom. The van der Waals surface area contributed by atoms with Gasteiger partial charge < -0.3 is 5.32 Å².